The minimum atomic E-state index is -2.98. The van der Waals surface area contributed by atoms with Gasteiger partial charge in [-0.1, -0.05) is 0 Å². The molecule has 0 aliphatic carbocycles. The molecule has 0 radical (unpaired) electrons. The Balaban J connectivity index is 1.30. The number of hydrogen-bond donors (Lipinski definition) is 3. The van der Waals surface area contributed by atoms with Crippen molar-refractivity contribution in [3.8, 4) is 0 Å². The maximum absolute atomic E-state index is 13.2. The van der Waals surface area contributed by atoms with Crippen molar-refractivity contribution in [2.75, 3.05) is 48.8 Å². The highest BCUT2D eigenvalue weighted by molar-refractivity contribution is 7.90. The maximum atomic E-state index is 13.2. The van der Waals surface area contributed by atoms with Crippen LogP contribution in [0.3, 0.4) is 0 Å². The van der Waals surface area contributed by atoms with Gasteiger partial charge in [-0.15, -0.1) is 4.31 Å². The molecule has 2 aromatic carbocycles. The standard InChI is InChI=1S/C25H31FN6O3S2/c1-37(34,35)16-14-27-17-19-3-2-15-32(18-19)36(33)23-10-8-22(9-11-23)30-25-28-13-12-24(31-25)29-21-6-4-20(26)5-7-21/h4-13,19,27H,2-3,14-18H2,1H3,(H2,28,29,30,31). The first kappa shape index (κ1) is 27.3. The number of benzene rings is 2. The summed E-state index contributed by atoms with van der Waals surface area (Å²) in [6.07, 6.45) is 4.83. The van der Waals surface area contributed by atoms with Crippen LogP contribution in [0.5, 0.6) is 0 Å². The highest BCUT2D eigenvalue weighted by Crippen LogP contribution is 2.25. The molecule has 198 valence electrons. The van der Waals surface area contributed by atoms with Gasteiger partial charge >= 0.3 is 0 Å². The van der Waals surface area contributed by atoms with Crippen LogP contribution in [0.25, 0.3) is 0 Å². The molecule has 2 unspecified atom stereocenters. The van der Waals surface area contributed by atoms with Crippen molar-refractivity contribution in [3.63, 3.8) is 0 Å². The fourth-order valence-corrected chi connectivity index (χ4v) is 5.83. The maximum Gasteiger partial charge on any atom is 0.229 e. The molecule has 0 bridgehead atoms. The number of nitrogens with zero attached hydrogens (tertiary/aromatic N) is 3. The molecule has 1 aromatic heterocycles. The molecule has 1 aliphatic rings. The summed E-state index contributed by atoms with van der Waals surface area (Å²) in [4.78, 5) is 9.39. The topological polar surface area (TPSA) is 122 Å². The van der Waals surface area contributed by atoms with Gasteiger partial charge in [0.1, 0.15) is 21.5 Å². The zero-order valence-electron chi connectivity index (χ0n) is 20.6. The smallest absolute Gasteiger partial charge is 0.229 e. The molecule has 2 atom stereocenters. The Morgan fingerprint density at radius 3 is 2.51 bits per heavy atom. The van der Waals surface area contributed by atoms with Gasteiger partial charge in [0, 0.05) is 43.5 Å². The number of nitrogens with one attached hydrogen (secondary N) is 3. The van der Waals surface area contributed by atoms with E-state index in [0.29, 0.717) is 47.9 Å². The molecule has 12 heteroatoms. The minimum Gasteiger partial charge on any atom is -0.593 e. The summed E-state index contributed by atoms with van der Waals surface area (Å²) in [7, 11) is -2.98. The normalized spacial score (nSPS) is 17.3. The van der Waals surface area contributed by atoms with Gasteiger partial charge in [-0.25, -0.2) is 17.8 Å². The minimum absolute atomic E-state index is 0.121. The molecule has 1 fully saturated rings. The van der Waals surface area contributed by atoms with Crippen molar-refractivity contribution in [2.24, 2.45) is 5.92 Å². The first-order valence-electron chi connectivity index (χ1n) is 12.0. The van der Waals surface area contributed by atoms with E-state index in [2.05, 4.69) is 25.9 Å². The van der Waals surface area contributed by atoms with E-state index in [9.17, 15) is 17.4 Å². The average molecular weight is 547 g/mol. The molecule has 3 N–H and O–H groups in total. The molecule has 37 heavy (non-hydrogen) atoms. The van der Waals surface area contributed by atoms with E-state index in [4.69, 9.17) is 0 Å². The number of aromatic nitrogens is 2. The van der Waals surface area contributed by atoms with E-state index in [0.717, 1.165) is 25.1 Å². The van der Waals surface area contributed by atoms with Crippen LogP contribution in [0.4, 0.5) is 27.5 Å². The lowest BCUT2D eigenvalue weighted by Crippen LogP contribution is -2.43. The van der Waals surface area contributed by atoms with Gasteiger partial charge in [0.05, 0.1) is 17.1 Å². The number of hydrogen-bond acceptors (Lipinski definition) is 9. The van der Waals surface area contributed by atoms with E-state index in [-0.39, 0.29) is 11.6 Å². The molecule has 4 rings (SSSR count). The lowest BCUT2D eigenvalue weighted by molar-refractivity contribution is 0.261. The number of anilines is 4. The molecular formula is C25H31FN6O3S2. The lowest BCUT2D eigenvalue weighted by Gasteiger charge is -2.32. The zero-order chi connectivity index (χ0) is 26.3. The molecule has 9 nitrogen and oxygen atoms in total. The summed E-state index contributed by atoms with van der Waals surface area (Å²) in [6.45, 7) is 2.59. The molecule has 1 saturated heterocycles. The van der Waals surface area contributed by atoms with Crippen molar-refractivity contribution in [3.05, 3.63) is 66.6 Å². The summed E-state index contributed by atoms with van der Waals surface area (Å²) < 4.78 is 50.8. The number of piperidine rings is 1. The third-order valence-corrected chi connectivity index (χ3v) is 8.30. The Kier molecular flexibility index (Phi) is 9.33. The van der Waals surface area contributed by atoms with Crippen molar-refractivity contribution in [2.45, 2.75) is 17.7 Å². The van der Waals surface area contributed by atoms with Crippen LogP contribution < -0.4 is 16.0 Å². The zero-order valence-corrected chi connectivity index (χ0v) is 22.2. The first-order valence-corrected chi connectivity index (χ1v) is 15.2. The van der Waals surface area contributed by atoms with Gasteiger partial charge in [0.25, 0.3) is 0 Å². The average Bonchev–Trinajstić information content (AvgIpc) is 2.88. The molecule has 2 heterocycles. The Labute approximate surface area is 220 Å². The van der Waals surface area contributed by atoms with Crippen LogP contribution in [0.2, 0.25) is 0 Å². The van der Waals surface area contributed by atoms with Crippen molar-refractivity contribution >= 4 is 44.3 Å². The van der Waals surface area contributed by atoms with Gasteiger partial charge in [0.15, 0.2) is 4.90 Å². The van der Waals surface area contributed by atoms with Crippen LogP contribution in [0, 0.1) is 11.7 Å². The molecule has 0 amide bonds. The second-order valence-corrected chi connectivity index (χ2v) is 12.8. The van der Waals surface area contributed by atoms with Gasteiger partial charge in [0.2, 0.25) is 5.95 Å². The van der Waals surface area contributed by atoms with Crippen LogP contribution in [-0.4, -0.2) is 65.4 Å². The van der Waals surface area contributed by atoms with Gasteiger partial charge < -0.3 is 20.5 Å². The quantitative estimate of drug-likeness (QED) is 0.245. The molecule has 0 saturated carbocycles. The lowest BCUT2D eigenvalue weighted by atomic mass is 10.00. The second kappa shape index (κ2) is 12.7. The van der Waals surface area contributed by atoms with Gasteiger partial charge in [-0.3, -0.25) is 0 Å². The van der Waals surface area contributed by atoms with Crippen LogP contribution in [0.15, 0.2) is 65.7 Å². The molecule has 1 aliphatic heterocycles. The number of halogens is 1. The largest absolute Gasteiger partial charge is 0.593 e. The van der Waals surface area contributed by atoms with E-state index in [1.807, 2.05) is 28.6 Å². The highest BCUT2D eigenvalue weighted by atomic mass is 32.2. The fourth-order valence-electron chi connectivity index (χ4n) is 4.01. The first-order chi connectivity index (χ1) is 17.7. The Morgan fingerprint density at radius 1 is 1.08 bits per heavy atom. The van der Waals surface area contributed by atoms with E-state index in [1.54, 1.807) is 24.4 Å². The SMILES string of the molecule is CS(=O)(=O)CCNCC1CCCN([S+]([O-])c2ccc(Nc3nccc(Nc4ccc(F)cc4)n3)cc2)C1. The van der Waals surface area contributed by atoms with E-state index < -0.39 is 21.2 Å². The predicted molar refractivity (Wildman–Crippen MR) is 145 cm³/mol. The number of sulfone groups is 1. The fraction of sp³-hybridized carbons (Fsp3) is 0.360. The third kappa shape index (κ3) is 8.64. The second-order valence-electron chi connectivity index (χ2n) is 9.03. The van der Waals surface area contributed by atoms with Crippen LogP contribution >= 0.6 is 0 Å². The number of rotatable bonds is 11. The van der Waals surface area contributed by atoms with Gasteiger partial charge in [-0.2, -0.15) is 4.98 Å². The van der Waals surface area contributed by atoms with Gasteiger partial charge in [-0.05, 0) is 79.9 Å². The Hall–Kier alpha value is -2.77. The monoisotopic (exact) mass is 546 g/mol. The summed E-state index contributed by atoms with van der Waals surface area (Å²) in [5, 5.41) is 9.47. The van der Waals surface area contributed by atoms with Crippen molar-refractivity contribution < 1.29 is 17.4 Å². The third-order valence-electron chi connectivity index (χ3n) is 5.88. The van der Waals surface area contributed by atoms with E-state index in [1.165, 1.54) is 18.4 Å². The summed E-state index contributed by atoms with van der Waals surface area (Å²) in [5.41, 5.74) is 1.47. The summed E-state index contributed by atoms with van der Waals surface area (Å²) in [6, 6.07) is 15.0. The van der Waals surface area contributed by atoms with Crippen LogP contribution in [-0.2, 0) is 21.2 Å². The summed E-state index contributed by atoms with van der Waals surface area (Å²) in [5.74, 6) is 1.09. The van der Waals surface area contributed by atoms with Crippen molar-refractivity contribution in [1.82, 2.24) is 19.6 Å². The van der Waals surface area contributed by atoms with Crippen LogP contribution in [0.1, 0.15) is 12.8 Å². The highest BCUT2D eigenvalue weighted by Gasteiger charge is 2.29. The molecular weight excluding hydrogens is 515 g/mol. The molecule has 0 spiro atoms. The summed E-state index contributed by atoms with van der Waals surface area (Å²) >= 11 is -1.28. The van der Waals surface area contributed by atoms with Crippen molar-refractivity contribution in [1.29, 1.82) is 0 Å². The predicted octanol–water partition coefficient (Wildman–Crippen LogP) is 3.47. The Morgan fingerprint density at radius 2 is 1.78 bits per heavy atom. The molecule has 3 aromatic rings. The van der Waals surface area contributed by atoms with E-state index >= 15 is 0 Å². The Bertz CT molecular complexity index is 1260.